The van der Waals surface area contributed by atoms with Crippen LogP contribution in [0.3, 0.4) is 0 Å². The van der Waals surface area contributed by atoms with E-state index in [1.54, 1.807) is 32.4 Å². The molecular formula is C18H18N4O3S. The van der Waals surface area contributed by atoms with E-state index < -0.39 is 21.3 Å². The summed E-state index contributed by atoms with van der Waals surface area (Å²) in [6, 6.07) is 10.1. The van der Waals surface area contributed by atoms with Gasteiger partial charge in [0.15, 0.2) is 10.8 Å². The first kappa shape index (κ1) is 17.0. The van der Waals surface area contributed by atoms with E-state index in [2.05, 4.69) is 17.1 Å². The molecule has 1 saturated carbocycles. The van der Waals surface area contributed by atoms with Gasteiger partial charge in [0.2, 0.25) is 5.06 Å². The highest BCUT2D eigenvalue weighted by Gasteiger charge is 2.99. The number of hydrogen-bond acceptors (Lipinski definition) is 8. The number of hydrogen-bond donors (Lipinski definition) is 1. The van der Waals surface area contributed by atoms with Gasteiger partial charge in [0, 0.05) is 11.3 Å². The number of thioether (sulfide) groups is 1. The topological polar surface area (TPSA) is 114 Å². The summed E-state index contributed by atoms with van der Waals surface area (Å²) in [6.45, 7) is 2.32. The van der Waals surface area contributed by atoms with Crippen LogP contribution >= 0.6 is 11.8 Å². The average molecular weight is 370 g/mol. The van der Waals surface area contributed by atoms with Crippen LogP contribution in [-0.4, -0.2) is 37.5 Å². The van der Waals surface area contributed by atoms with Crippen LogP contribution in [0.15, 0.2) is 23.2 Å². The molecule has 1 aromatic carbocycles. The maximum Gasteiger partial charge on any atom is 0.231 e. The monoisotopic (exact) mass is 370 g/mol. The molecule has 8 heteroatoms. The van der Waals surface area contributed by atoms with Crippen molar-refractivity contribution in [2.75, 3.05) is 26.6 Å². The van der Waals surface area contributed by atoms with E-state index in [1.165, 1.54) is 11.8 Å². The van der Waals surface area contributed by atoms with Gasteiger partial charge in [-0.25, -0.2) is 4.99 Å². The lowest BCUT2D eigenvalue weighted by molar-refractivity contribution is 0.0150. The largest absolute Gasteiger partial charge is 0.497 e. The van der Waals surface area contributed by atoms with Gasteiger partial charge in [-0.1, -0.05) is 18.7 Å². The molecule has 2 N–H and O–H groups in total. The number of benzene rings is 1. The number of nitrogens with two attached hydrogens (primary N) is 1. The maximum atomic E-state index is 10.3. The second-order valence-electron chi connectivity index (χ2n) is 6.69. The molecule has 2 aliphatic heterocycles. The van der Waals surface area contributed by atoms with Gasteiger partial charge in [0.25, 0.3) is 0 Å². The summed E-state index contributed by atoms with van der Waals surface area (Å²) in [6.07, 6.45) is 0. The smallest absolute Gasteiger partial charge is 0.231 e. The lowest BCUT2D eigenvalue weighted by atomic mass is 9.84. The molecule has 4 atom stereocenters. The molecule has 7 nitrogen and oxygen atoms in total. The van der Waals surface area contributed by atoms with Crippen molar-refractivity contribution in [3.8, 4) is 23.6 Å². The zero-order chi connectivity index (χ0) is 18.8. The van der Waals surface area contributed by atoms with E-state index in [-0.39, 0.29) is 5.84 Å². The second-order valence-corrected chi connectivity index (χ2v) is 7.94. The SMILES string of the molecule is COc1ccc(OC)c([C@@]2(C)[C@]3(C#N)C(N)=N[C@@]4(OCCS4)[C@@]32C#N)c1. The van der Waals surface area contributed by atoms with Crippen LogP contribution in [0, 0.1) is 33.5 Å². The highest BCUT2D eigenvalue weighted by Crippen LogP contribution is 2.87. The molecule has 26 heavy (non-hydrogen) atoms. The molecule has 0 aromatic heterocycles. The van der Waals surface area contributed by atoms with Crippen molar-refractivity contribution in [3.63, 3.8) is 0 Å². The molecule has 1 aromatic rings. The fraction of sp³-hybridized carbons (Fsp3) is 0.500. The standard InChI is InChI=1S/C18H18N4O3S/c1-15(12-8-11(23-2)4-5-13(12)24-3)16(9-19)14(21)22-18(17(15,16)10-20)25-6-7-26-18/h4-5,8H,6-7H2,1-3H3,(H2,21,22)/t15-,16-,17+,18+/m0/s1. The van der Waals surface area contributed by atoms with E-state index in [0.717, 1.165) is 0 Å². The molecule has 3 aliphatic rings. The molecule has 0 radical (unpaired) electrons. The Morgan fingerprint density at radius 1 is 1.27 bits per heavy atom. The number of rotatable bonds is 3. The number of methoxy groups -OCH3 is 2. The Bertz CT molecular complexity index is 914. The third-order valence-electron chi connectivity index (χ3n) is 6.09. The van der Waals surface area contributed by atoms with Crippen LogP contribution in [0.5, 0.6) is 11.5 Å². The van der Waals surface area contributed by atoms with Crippen molar-refractivity contribution in [1.29, 1.82) is 10.5 Å². The van der Waals surface area contributed by atoms with Gasteiger partial charge in [-0.05, 0) is 18.2 Å². The number of fused-ring (bicyclic) bond motifs is 2. The van der Waals surface area contributed by atoms with Gasteiger partial charge in [-0.15, -0.1) is 0 Å². The number of aliphatic imine (C=N–C) groups is 1. The number of nitriles is 2. The van der Waals surface area contributed by atoms with Gasteiger partial charge < -0.3 is 19.9 Å². The lowest BCUT2D eigenvalue weighted by Crippen LogP contribution is -2.38. The Morgan fingerprint density at radius 3 is 2.58 bits per heavy atom. The minimum absolute atomic E-state index is 0.142. The van der Waals surface area contributed by atoms with Crippen molar-refractivity contribution < 1.29 is 14.2 Å². The summed E-state index contributed by atoms with van der Waals surface area (Å²) in [4.78, 5) is 4.47. The van der Waals surface area contributed by atoms with E-state index in [4.69, 9.17) is 19.9 Å². The van der Waals surface area contributed by atoms with Crippen molar-refractivity contribution >= 4 is 17.6 Å². The van der Waals surface area contributed by atoms with Gasteiger partial charge >= 0.3 is 0 Å². The fourth-order valence-electron chi connectivity index (χ4n) is 4.86. The van der Waals surface area contributed by atoms with Crippen molar-refractivity contribution in [3.05, 3.63) is 23.8 Å². The molecule has 1 spiro atoms. The van der Waals surface area contributed by atoms with Gasteiger partial charge in [-0.3, -0.25) is 0 Å². The molecule has 0 unspecified atom stereocenters. The predicted molar refractivity (Wildman–Crippen MR) is 95.8 cm³/mol. The number of amidine groups is 1. The third-order valence-corrected chi connectivity index (χ3v) is 7.36. The van der Waals surface area contributed by atoms with E-state index in [0.29, 0.717) is 29.4 Å². The summed E-state index contributed by atoms with van der Waals surface area (Å²) in [7, 11) is 3.12. The molecule has 2 heterocycles. The lowest BCUT2D eigenvalue weighted by Gasteiger charge is -2.30. The second kappa shape index (κ2) is 5.06. The van der Waals surface area contributed by atoms with E-state index in [9.17, 15) is 10.5 Å². The zero-order valence-corrected chi connectivity index (χ0v) is 15.5. The van der Waals surface area contributed by atoms with Gasteiger partial charge in [0.1, 0.15) is 17.3 Å². The van der Waals surface area contributed by atoms with E-state index in [1.807, 2.05) is 6.92 Å². The molecule has 2 fully saturated rings. The fourth-order valence-corrected chi connectivity index (χ4v) is 6.25. The van der Waals surface area contributed by atoms with Gasteiger partial charge in [0.05, 0.1) is 38.4 Å². The minimum Gasteiger partial charge on any atom is -0.497 e. The number of nitrogens with zero attached hydrogens (tertiary/aromatic N) is 3. The zero-order valence-electron chi connectivity index (χ0n) is 14.7. The Morgan fingerprint density at radius 2 is 2.04 bits per heavy atom. The maximum absolute atomic E-state index is 10.3. The van der Waals surface area contributed by atoms with Crippen molar-refractivity contribution in [2.24, 2.45) is 21.6 Å². The van der Waals surface area contributed by atoms with Crippen LogP contribution in [0.25, 0.3) is 0 Å². The Hall–Kier alpha value is -2.42. The minimum atomic E-state index is -1.29. The molecule has 0 bridgehead atoms. The van der Waals surface area contributed by atoms with Crippen molar-refractivity contribution in [1.82, 2.24) is 0 Å². The van der Waals surface area contributed by atoms with Crippen LogP contribution in [0.1, 0.15) is 12.5 Å². The van der Waals surface area contributed by atoms with Crippen LogP contribution in [0.4, 0.5) is 0 Å². The quantitative estimate of drug-likeness (QED) is 0.862. The van der Waals surface area contributed by atoms with Crippen molar-refractivity contribution in [2.45, 2.75) is 17.4 Å². The predicted octanol–water partition coefficient (Wildman–Crippen LogP) is 1.78. The summed E-state index contributed by atoms with van der Waals surface area (Å²) in [5.74, 6) is 2.01. The molecule has 1 saturated heterocycles. The molecule has 0 amide bonds. The normalized spacial score (nSPS) is 39.7. The van der Waals surface area contributed by atoms with Crippen LogP contribution in [-0.2, 0) is 10.2 Å². The Labute approximate surface area is 155 Å². The first-order chi connectivity index (χ1) is 12.4. The van der Waals surface area contributed by atoms with Crippen LogP contribution < -0.4 is 15.2 Å². The molecular weight excluding hydrogens is 352 g/mol. The highest BCUT2D eigenvalue weighted by atomic mass is 32.2. The van der Waals surface area contributed by atoms with E-state index >= 15 is 0 Å². The molecule has 4 rings (SSSR count). The molecule has 1 aliphatic carbocycles. The average Bonchev–Trinajstić information content (AvgIpc) is 2.94. The third kappa shape index (κ3) is 1.41. The first-order valence-electron chi connectivity index (χ1n) is 8.13. The Kier molecular flexibility index (Phi) is 3.31. The summed E-state index contributed by atoms with van der Waals surface area (Å²) in [5.41, 5.74) is 3.48. The van der Waals surface area contributed by atoms with Crippen LogP contribution in [0.2, 0.25) is 0 Å². The highest BCUT2D eigenvalue weighted by molar-refractivity contribution is 8.00. The molecule has 134 valence electrons. The number of ether oxygens (including phenoxy) is 3. The Balaban J connectivity index is 2.03. The summed E-state index contributed by atoms with van der Waals surface area (Å²) < 4.78 is 16.8. The summed E-state index contributed by atoms with van der Waals surface area (Å²) >= 11 is 1.43. The van der Waals surface area contributed by atoms with Gasteiger partial charge in [-0.2, -0.15) is 10.5 Å². The summed E-state index contributed by atoms with van der Waals surface area (Å²) in [5, 5.41) is 19.3. The first-order valence-corrected chi connectivity index (χ1v) is 9.12.